The number of methoxy groups -OCH3 is 1. The molecule has 0 saturated heterocycles. The normalized spacial score (nSPS) is 13.4. The lowest BCUT2D eigenvalue weighted by Crippen LogP contribution is -2.48. The standard InChI is InChI=1S/C22H30N2O4S/c1-7-21(18-12-11-15(2)16(3)13-18)23-22(25)17(4)24(29(6,26)27)19-9-8-10-20(14-19)28-5/h8-14,17,21H,7H2,1-6H3,(H,23,25)/t17-,21-/m1/s1. The number of hydrogen-bond donors (Lipinski definition) is 1. The van der Waals surface area contributed by atoms with Gasteiger partial charge >= 0.3 is 0 Å². The second-order valence-electron chi connectivity index (χ2n) is 7.25. The second kappa shape index (κ2) is 9.31. The van der Waals surface area contributed by atoms with E-state index in [1.54, 1.807) is 31.2 Å². The Hall–Kier alpha value is -2.54. The summed E-state index contributed by atoms with van der Waals surface area (Å²) < 4.78 is 31.3. The van der Waals surface area contributed by atoms with E-state index in [4.69, 9.17) is 4.74 Å². The predicted octanol–water partition coefficient (Wildman–Crippen LogP) is 3.73. The van der Waals surface area contributed by atoms with Crippen molar-refractivity contribution in [2.24, 2.45) is 0 Å². The van der Waals surface area contributed by atoms with Crippen LogP contribution in [0.3, 0.4) is 0 Å². The lowest BCUT2D eigenvalue weighted by atomic mass is 9.99. The summed E-state index contributed by atoms with van der Waals surface area (Å²) in [7, 11) is -2.18. The zero-order valence-corrected chi connectivity index (χ0v) is 18.7. The smallest absolute Gasteiger partial charge is 0.244 e. The largest absolute Gasteiger partial charge is 0.497 e. The lowest BCUT2D eigenvalue weighted by molar-refractivity contribution is -0.122. The molecule has 2 atom stereocenters. The number of carbonyl (C=O) groups excluding carboxylic acids is 1. The molecule has 0 heterocycles. The van der Waals surface area contributed by atoms with Crippen LogP contribution in [0.5, 0.6) is 5.75 Å². The molecule has 158 valence electrons. The summed E-state index contributed by atoms with van der Waals surface area (Å²) in [6, 6.07) is 11.6. The molecule has 7 heteroatoms. The Bertz CT molecular complexity index is 973. The molecule has 2 rings (SSSR count). The van der Waals surface area contributed by atoms with E-state index < -0.39 is 16.1 Å². The summed E-state index contributed by atoms with van der Waals surface area (Å²) in [4.78, 5) is 13.0. The molecule has 0 unspecified atom stereocenters. The number of anilines is 1. The number of rotatable bonds is 8. The maximum absolute atomic E-state index is 13.0. The highest BCUT2D eigenvalue weighted by Crippen LogP contribution is 2.26. The van der Waals surface area contributed by atoms with Gasteiger partial charge in [-0.05, 0) is 56.0 Å². The van der Waals surface area contributed by atoms with Crippen molar-refractivity contribution in [3.8, 4) is 5.75 Å². The van der Waals surface area contributed by atoms with E-state index in [-0.39, 0.29) is 11.9 Å². The maximum Gasteiger partial charge on any atom is 0.244 e. The van der Waals surface area contributed by atoms with Crippen LogP contribution < -0.4 is 14.4 Å². The van der Waals surface area contributed by atoms with Crippen molar-refractivity contribution >= 4 is 21.6 Å². The number of benzene rings is 2. The van der Waals surface area contributed by atoms with Gasteiger partial charge in [-0.1, -0.05) is 31.2 Å². The molecule has 0 aliphatic rings. The topological polar surface area (TPSA) is 75.7 Å². The fourth-order valence-corrected chi connectivity index (χ4v) is 4.42. The number of carbonyl (C=O) groups is 1. The first-order valence-electron chi connectivity index (χ1n) is 9.59. The summed E-state index contributed by atoms with van der Waals surface area (Å²) in [5.41, 5.74) is 3.72. The van der Waals surface area contributed by atoms with Gasteiger partial charge in [0.25, 0.3) is 0 Å². The number of nitrogens with one attached hydrogen (secondary N) is 1. The van der Waals surface area contributed by atoms with Crippen LogP contribution in [0.25, 0.3) is 0 Å². The molecule has 0 fully saturated rings. The monoisotopic (exact) mass is 418 g/mol. The van der Waals surface area contributed by atoms with Crippen molar-refractivity contribution in [2.75, 3.05) is 17.7 Å². The number of aryl methyl sites for hydroxylation is 2. The lowest BCUT2D eigenvalue weighted by Gasteiger charge is -2.30. The third-order valence-electron chi connectivity index (χ3n) is 5.05. The van der Waals surface area contributed by atoms with Gasteiger partial charge in [-0.25, -0.2) is 8.42 Å². The minimum atomic E-state index is -3.69. The maximum atomic E-state index is 13.0. The molecule has 0 radical (unpaired) electrons. The number of amides is 1. The van der Waals surface area contributed by atoms with E-state index >= 15 is 0 Å². The van der Waals surface area contributed by atoms with Crippen molar-refractivity contribution in [1.29, 1.82) is 0 Å². The van der Waals surface area contributed by atoms with E-state index in [0.717, 1.165) is 21.7 Å². The van der Waals surface area contributed by atoms with Crippen molar-refractivity contribution < 1.29 is 17.9 Å². The van der Waals surface area contributed by atoms with Gasteiger partial charge < -0.3 is 10.1 Å². The van der Waals surface area contributed by atoms with Crippen LogP contribution >= 0.6 is 0 Å². The molecule has 0 aliphatic heterocycles. The van der Waals surface area contributed by atoms with Gasteiger partial charge in [0, 0.05) is 6.07 Å². The van der Waals surface area contributed by atoms with Crippen LogP contribution in [-0.4, -0.2) is 33.7 Å². The minimum absolute atomic E-state index is 0.198. The van der Waals surface area contributed by atoms with Crippen molar-refractivity contribution in [2.45, 2.75) is 46.2 Å². The molecule has 0 aromatic heterocycles. The van der Waals surface area contributed by atoms with Gasteiger partial charge in [0.1, 0.15) is 11.8 Å². The Labute approximate surface area is 173 Å². The first kappa shape index (κ1) is 22.7. The summed E-state index contributed by atoms with van der Waals surface area (Å²) in [5.74, 6) is 0.161. The zero-order chi connectivity index (χ0) is 21.8. The van der Waals surface area contributed by atoms with Gasteiger partial charge in [0.05, 0.1) is 25.1 Å². The molecule has 0 aliphatic carbocycles. The Morgan fingerprint density at radius 3 is 2.38 bits per heavy atom. The van der Waals surface area contributed by atoms with Crippen LogP contribution in [-0.2, 0) is 14.8 Å². The van der Waals surface area contributed by atoms with Gasteiger partial charge in [-0.15, -0.1) is 0 Å². The Kier molecular flexibility index (Phi) is 7.30. The molecule has 2 aromatic carbocycles. The second-order valence-corrected chi connectivity index (χ2v) is 9.11. The van der Waals surface area contributed by atoms with Gasteiger partial charge in [-0.3, -0.25) is 9.10 Å². The van der Waals surface area contributed by atoms with Gasteiger partial charge in [0.2, 0.25) is 15.9 Å². The van der Waals surface area contributed by atoms with E-state index in [0.29, 0.717) is 17.9 Å². The van der Waals surface area contributed by atoms with Crippen molar-refractivity contribution in [3.05, 3.63) is 59.2 Å². The fraction of sp³-hybridized carbons (Fsp3) is 0.409. The molecular formula is C22H30N2O4S. The van der Waals surface area contributed by atoms with Crippen LogP contribution in [0.1, 0.15) is 43.0 Å². The van der Waals surface area contributed by atoms with E-state index in [2.05, 4.69) is 11.4 Å². The van der Waals surface area contributed by atoms with E-state index in [1.807, 2.05) is 32.9 Å². The van der Waals surface area contributed by atoms with Crippen LogP contribution in [0.4, 0.5) is 5.69 Å². The molecule has 1 amide bonds. The highest BCUT2D eigenvalue weighted by molar-refractivity contribution is 7.92. The number of hydrogen-bond acceptors (Lipinski definition) is 4. The molecule has 29 heavy (non-hydrogen) atoms. The van der Waals surface area contributed by atoms with Crippen LogP contribution in [0, 0.1) is 13.8 Å². The minimum Gasteiger partial charge on any atom is -0.497 e. The quantitative estimate of drug-likeness (QED) is 0.709. The average Bonchev–Trinajstić information content (AvgIpc) is 2.67. The molecule has 0 saturated carbocycles. The number of sulfonamides is 1. The Morgan fingerprint density at radius 1 is 1.14 bits per heavy atom. The fourth-order valence-electron chi connectivity index (χ4n) is 3.25. The summed E-state index contributed by atoms with van der Waals surface area (Å²) in [6.45, 7) is 7.65. The number of nitrogens with zero attached hydrogens (tertiary/aromatic N) is 1. The Morgan fingerprint density at radius 2 is 1.83 bits per heavy atom. The molecule has 6 nitrogen and oxygen atoms in total. The summed E-state index contributed by atoms with van der Waals surface area (Å²) in [5, 5.41) is 3.00. The molecule has 2 aromatic rings. The van der Waals surface area contributed by atoms with Gasteiger partial charge in [0.15, 0.2) is 0 Å². The predicted molar refractivity (Wildman–Crippen MR) is 117 cm³/mol. The summed E-state index contributed by atoms with van der Waals surface area (Å²) in [6.07, 6.45) is 1.79. The average molecular weight is 419 g/mol. The van der Waals surface area contributed by atoms with E-state index in [1.165, 1.54) is 12.7 Å². The summed E-state index contributed by atoms with van der Waals surface area (Å²) >= 11 is 0. The van der Waals surface area contributed by atoms with Crippen LogP contribution in [0.2, 0.25) is 0 Å². The zero-order valence-electron chi connectivity index (χ0n) is 17.9. The Balaban J connectivity index is 2.31. The molecule has 0 bridgehead atoms. The highest BCUT2D eigenvalue weighted by atomic mass is 32.2. The van der Waals surface area contributed by atoms with Crippen molar-refractivity contribution in [3.63, 3.8) is 0 Å². The van der Waals surface area contributed by atoms with Crippen LogP contribution in [0.15, 0.2) is 42.5 Å². The third kappa shape index (κ3) is 5.50. The van der Waals surface area contributed by atoms with E-state index in [9.17, 15) is 13.2 Å². The molecular weight excluding hydrogens is 388 g/mol. The first-order valence-corrected chi connectivity index (χ1v) is 11.4. The molecule has 1 N–H and O–H groups in total. The van der Waals surface area contributed by atoms with Crippen molar-refractivity contribution in [1.82, 2.24) is 5.32 Å². The third-order valence-corrected chi connectivity index (χ3v) is 6.30. The highest BCUT2D eigenvalue weighted by Gasteiger charge is 2.30. The first-order chi connectivity index (χ1) is 13.6. The number of ether oxygens (including phenoxy) is 1. The molecule has 0 spiro atoms. The van der Waals surface area contributed by atoms with Gasteiger partial charge in [-0.2, -0.15) is 0 Å². The SMILES string of the molecule is CC[C@@H](NC(=O)[C@@H](C)N(c1cccc(OC)c1)S(C)(=O)=O)c1ccc(C)c(C)c1.